The van der Waals surface area contributed by atoms with E-state index in [1.54, 1.807) is 0 Å². The molecule has 22 heavy (non-hydrogen) atoms. The number of nitrogens with one attached hydrogen (secondary N) is 1. The van der Waals surface area contributed by atoms with E-state index in [0.29, 0.717) is 6.04 Å². The second-order valence-electron chi connectivity index (χ2n) is 7.22. The van der Waals surface area contributed by atoms with Crippen LogP contribution < -0.4 is 10.2 Å². The maximum atomic E-state index is 5.21. The summed E-state index contributed by atoms with van der Waals surface area (Å²) in [6.07, 6.45) is 0. The Morgan fingerprint density at radius 3 is 2.36 bits per heavy atom. The highest BCUT2D eigenvalue weighted by molar-refractivity contribution is 5.45. The number of piperazine rings is 1. The molecule has 0 atom stereocenters. The second-order valence-corrected chi connectivity index (χ2v) is 7.22. The summed E-state index contributed by atoms with van der Waals surface area (Å²) in [6.45, 7) is 14.4. The molecular formula is C16H27N5O. The van der Waals surface area contributed by atoms with Crippen LogP contribution in [0.2, 0.25) is 0 Å². The summed E-state index contributed by atoms with van der Waals surface area (Å²) in [5, 5.41) is 3.42. The van der Waals surface area contributed by atoms with Crippen LogP contribution in [0.15, 0.2) is 6.07 Å². The Morgan fingerprint density at radius 1 is 1.14 bits per heavy atom. The van der Waals surface area contributed by atoms with Crippen LogP contribution in [0.3, 0.4) is 0 Å². The first kappa shape index (κ1) is 15.5. The zero-order valence-corrected chi connectivity index (χ0v) is 14.1. The van der Waals surface area contributed by atoms with Gasteiger partial charge in [-0.05, 0) is 27.7 Å². The van der Waals surface area contributed by atoms with E-state index in [2.05, 4.69) is 40.9 Å². The third-order valence-corrected chi connectivity index (χ3v) is 4.34. The van der Waals surface area contributed by atoms with Crippen molar-refractivity contribution in [1.29, 1.82) is 0 Å². The van der Waals surface area contributed by atoms with E-state index >= 15 is 0 Å². The van der Waals surface area contributed by atoms with Crippen molar-refractivity contribution in [2.75, 3.05) is 49.6 Å². The van der Waals surface area contributed by atoms with E-state index in [-0.39, 0.29) is 5.54 Å². The molecule has 0 spiro atoms. The lowest BCUT2D eigenvalue weighted by Gasteiger charge is -2.42. The number of hydrogen-bond acceptors (Lipinski definition) is 6. The normalized spacial score (nSPS) is 20.8. The Balaban J connectivity index is 1.67. The van der Waals surface area contributed by atoms with E-state index in [1.165, 1.54) is 0 Å². The highest BCUT2D eigenvalue weighted by Crippen LogP contribution is 2.20. The largest absolute Gasteiger partial charge is 0.377 e. The summed E-state index contributed by atoms with van der Waals surface area (Å²) in [5.74, 6) is 1.75. The van der Waals surface area contributed by atoms with Gasteiger partial charge in [-0.1, -0.05) is 0 Å². The predicted octanol–water partition coefficient (Wildman–Crippen LogP) is 1.52. The quantitative estimate of drug-likeness (QED) is 0.914. The van der Waals surface area contributed by atoms with E-state index in [9.17, 15) is 0 Å². The fraction of sp³-hybridized carbons (Fsp3) is 0.750. The molecule has 2 aliphatic rings. The molecule has 0 amide bonds. The van der Waals surface area contributed by atoms with Crippen LogP contribution in [0, 0.1) is 6.92 Å². The molecule has 0 aliphatic carbocycles. The average molecular weight is 305 g/mol. The summed E-state index contributed by atoms with van der Waals surface area (Å²) in [5.41, 5.74) is 1.24. The number of ether oxygens (including phenoxy) is 1. The molecule has 0 aromatic carbocycles. The molecule has 1 N–H and O–H groups in total. The van der Waals surface area contributed by atoms with Crippen molar-refractivity contribution in [3.63, 3.8) is 0 Å². The molecule has 3 rings (SSSR count). The minimum Gasteiger partial charge on any atom is -0.377 e. The molecule has 1 aromatic heterocycles. The Kier molecular flexibility index (Phi) is 4.23. The number of nitrogens with zero attached hydrogens (tertiary/aromatic N) is 4. The Hall–Kier alpha value is -1.40. The van der Waals surface area contributed by atoms with Crippen molar-refractivity contribution >= 4 is 11.8 Å². The Morgan fingerprint density at radius 2 is 1.82 bits per heavy atom. The average Bonchev–Trinajstić information content (AvgIpc) is 2.42. The highest BCUT2D eigenvalue weighted by atomic mass is 16.5. The molecule has 0 radical (unpaired) electrons. The first-order chi connectivity index (χ1) is 10.4. The van der Waals surface area contributed by atoms with Crippen molar-refractivity contribution in [2.24, 2.45) is 0 Å². The third-order valence-electron chi connectivity index (χ3n) is 4.34. The molecule has 2 aliphatic heterocycles. The van der Waals surface area contributed by atoms with E-state index in [4.69, 9.17) is 9.72 Å². The summed E-state index contributed by atoms with van der Waals surface area (Å²) < 4.78 is 5.21. The van der Waals surface area contributed by atoms with E-state index in [0.717, 1.165) is 56.9 Å². The van der Waals surface area contributed by atoms with Gasteiger partial charge in [-0.15, -0.1) is 0 Å². The second kappa shape index (κ2) is 6.01. The molecule has 1 aromatic rings. The fourth-order valence-electron chi connectivity index (χ4n) is 2.87. The topological polar surface area (TPSA) is 53.5 Å². The Labute approximate surface area is 132 Å². The standard InChI is InChI=1S/C16H27N5O/c1-12-9-14(18-13-10-22-11-13)19-15(17-12)20-5-7-21(8-6-20)16(2,3)4/h9,13H,5-8,10-11H2,1-4H3,(H,17,18,19). The van der Waals surface area contributed by atoms with Crippen LogP contribution in [0.1, 0.15) is 26.5 Å². The SMILES string of the molecule is Cc1cc(NC2COC2)nc(N2CCN(C(C)(C)C)CC2)n1. The summed E-state index contributed by atoms with van der Waals surface area (Å²) in [7, 11) is 0. The maximum Gasteiger partial charge on any atom is 0.227 e. The van der Waals surface area contributed by atoms with Crippen molar-refractivity contribution < 1.29 is 4.74 Å². The van der Waals surface area contributed by atoms with E-state index in [1.807, 2.05) is 13.0 Å². The van der Waals surface area contributed by atoms with Gasteiger partial charge >= 0.3 is 0 Å². The van der Waals surface area contributed by atoms with Crippen molar-refractivity contribution in [3.8, 4) is 0 Å². The Bertz CT molecular complexity index is 516. The third kappa shape index (κ3) is 3.50. The van der Waals surface area contributed by atoms with Gasteiger partial charge in [0, 0.05) is 43.5 Å². The van der Waals surface area contributed by atoms with Gasteiger partial charge in [-0.25, -0.2) is 4.98 Å². The predicted molar refractivity (Wildman–Crippen MR) is 88.5 cm³/mol. The van der Waals surface area contributed by atoms with Gasteiger partial charge < -0.3 is 15.0 Å². The van der Waals surface area contributed by atoms with Crippen LogP contribution in [0.25, 0.3) is 0 Å². The minimum atomic E-state index is 0.233. The smallest absolute Gasteiger partial charge is 0.227 e. The maximum absolute atomic E-state index is 5.21. The number of aryl methyl sites for hydroxylation is 1. The fourth-order valence-corrected chi connectivity index (χ4v) is 2.87. The van der Waals surface area contributed by atoms with Crippen LogP contribution in [-0.2, 0) is 4.74 Å². The van der Waals surface area contributed by atoms with Gasteiger partial charge in [-0.2, -0.15) is 4.98 Å². The molecule has 6 heteroatoms. The summed E-state index contributed by atoms with van der Waals surface area (Å²) >= 11 is 0. The minimum absolute atomic E-state index is 0.233. The molecule has 0 unspecified atom stereocenters. The van der Waals surface area contributed by atoms with Crippen LogP contribution >= 0.6 is 0 Å². The van der Waals surface area contributed by atoms with Crippen LogP contribution in [0.4, 0.5) is 11.8 Å². The van der Waals surface area contributed by atoms with E-state index < -0.39 is 0 Å². The van der Waals surface area contributed by atoms with Gasteiger partial charge in [0.15, 0.2) is 0 Å². The summed E-state index contributed by atoms with van der Waals surface area (Å²) in [6, 6.07) is 2.40. The number of hydrogen-bond donors (Lipinski definition) is 1. The monoisotopic (exact) mass is 305 g/mol. The highest BCUT2D eigenvalue weighted by Gasteiger charge is 2.27. The molecule has 2 saturated heterocycles. The molecule has 122 valence electrons. The molecule has 6 nitrogen and oxygen atoms in total. The lowest BCUT2D eigenvalue weighted by atomic mass is 10.1. The number of anilines is 2. The van der Waals surface area contributed by atoms with Gasteiger partial charge in [0.1, 0.15) is 5.82 Å². The zero-order chi connectivity index (χ0) is 15.7. The van der Waals surface area contributed by atoms with Gasteiger partial charge in [0.05, 0.1) is 19.3 Å². The molecule has 0 bridgehead atoms. The lowest BCUT2D eigenvalue weighted by molar-refractivity contribution is 0.0209. The molecule has 0 saturated carbocycles. The van der Waals surface area contributed by atoms with Gasteiger partial charge in [0.2, 0.25) is 5.95 Å². The first-order valence-corrected chi connectivity index (χ1v) is 8.12. The van der Waals surface area contributed by atoms with Crippen molar-refractivity contribution in [1.82, 2.24) is 14.9 Å². The molecule has 2 fully saturated rings. The number of aromatic nitrogens is 2. The van der Waals surface area contributed by atoms with Crippen LogP contribution in [-0.4, -0.2) is 65.8 Å². The van der Waals surface area contributed by atoms with Crippen LogP contribution in [0.5, 0.6) is 0 Å². The molecular weight excluding hydrogens is 278 g/mol. The van der Waals surface area contributed by atoms with Gasteiger partial charge in [0.25, 0.3) is 0 Å². The van der Waals surface area contributed by atoms with Gasteiger partial charge in [-0.3, -0.25) is 4.90 Å². The first-order valence-electron chi connectivity index (χ1n) is 8.12. The lowest BCUT2D eigenvalue weighted by Crippen LogP contribution is -2.53. The van der Waals surface area contributed by atoms with Crippen molar-refractivity contribution in [2.45, 2.75) is 39.3 Å². The zero-order valence-electron chi connectivity index (χ0n) is 14.1. The number of rotatable bonds is 3. The molecule has 3 heterocycles. The van der Waals surface area contributed by atoms with Crippen molar-refractivity contribution in [3.05, 3.63) is 11.8 Å². The summed E-state index contributed by atoms with van der Waals surface area (Å²) in [4.78, 5) is 14.1.